The first-order valence-electron chi connectivity index (χ1n) is 6.06. The average Bonchev–Trinajstić information content (AvgIpc) is 2.36. The Morgan fingerprint density at radius 1 is 1.50 bits per heavy atom. The molecule has 8 heteroatoms. The first-order valence-corrected chi connectivity index (χ1v) is 6.06. The second kappa shape index (κ2) is 5.18. The summed E-state index contributed by atoms with van der Waals surface area (Å²) in [5.41, 5.74) is 0.0386. The molecule has 0 spiro atoms. The van der Waals surface area contributed by atoms with E-state index in [0.717, 1.165) is 6.07 Å². The number of halogens is 3. The second-order valence-corrected chi connectivity index (χ2v) is 4.53. The van der Waals surface area contributed by atoms with Gasteiger partial charge >= 0.3 is 6.18 Å². The number of anilines is 1. The first kappa shape index (κ1) is 14.4. The minimum atomic E-state index is -4.34. The number of nitrogens with zero attached hydrogens (tertiary/aromatic N) is 2. The van der Waals surface area contributed by atoms with Crippen molar-refractivity contribution in [3.05, 3.63) is 28.3 Å². The summed E-state index contributed by atoms with van der Waals surface area (Å²) in [6.07, 6.45) is -3.85. The molecule has 0 saturated carbocycles. The van der Waals surface area contributed by atoms with Crippen molar-refractivity contribution in [2.24, 2.45) is 0 Å². The van der Waals surface area contributed by atoms with Gasteiger partial charge in [0.15, 0.2) is 0 Å². The van der Waals surface area contributed by atoms with Gasteiger partial charge in [0.1, 0.15) is 18.9 Å². The van der Waals surface area contributed by atoms with Crippen molar-refractivity contribution >= 4 is 11.4 Å². The molecular weight excluding hydrogens is 277 g/mol. The Balaban J connectivity index is 2.38. The molecular formula is C12H13F3N2O3. The Bertz CT molecular complexity index is 519. The summed E-state index contributed by atoms with van der Waals surface area (Å²) in [4.78, 5) is 11.3. The fraction of sp³-hybridized carbons (Fsp3) is 0.500. The van der Waals surface area contributed by atoms with Crippen LogP contribution in [0.4, 0.5) is 24.5 Å². The van der Waals surface area contributed by atoms with Gasteiger partial charge in [-0.3, -0.25) is 10.1 Å². The Morgan fingerprint density at radius 3 is 2.75 bits per heavy atom. The number of fused-ring (bicyclic) bond motifs is 1. The largest absolute Gasteiger partial charge is 0.489 e. The van der Waals surface area contributed by atoms with Crippen LogP contribution in [0.25, 0.3) is 0 Å². The second-order valence-electron chi connectivity index (χ2n) is 4.53. The summed E-state index contributed by atoms with van der Waals surface area (Å²) in [6.45, 7) is 0.758. The van der Waals surface area contributed by atoms with Crippen LogP contribution in [-0.4, -0.2) is 30.3 Å². The lowest BCUT2D eigenvalue weighted by Crippen LogP contribution is -2.47. The Morgan fingerprint density at radius 2 is 2.20 bits per heavy atom. The molecule has 1 unspecified atom stereocenters. The third-order valence-corrected chi connectivity index (χ3v) is 3.16. The highest BCUT2D eigenvalue weighted by molar-refractivity contribution is 5.64. The highest BCUT2D eigenvalue weighted by Crippen LogP contribution is 2.38. The van der Waals surface area contributed by atoms with Crippen LogP contribution < -0.4 is 9.64 Å². The molecule has 1 heterocycles. The van der Waals surface area contributed by atoms with E-state index in [9.17, 15) is 23.3 Å². The number of alkyl halides is 3. The highest BCUT2D eigenvalue weighted by atomic mass is 19.4. The van der Waals surface area contributed by atoms with Gasteiger partial charge in [0, 0.05) is 6.07 Å². The zero-order valence-electron chi connectivity index (χ0n) is 10.7. The molecule has 1 aliphatic rings. The molecule has 0 N–H and O–H groups in total. The maximum absolute atomic E-state index is 12.7. The van der Waals surface area contributed by atoms with Gasteiger partial charge in [0.2, 0.25) is 0 Å². The van der Waals surface area contributed by atoms with Gasteiger partial charge in [-0.2, -0.15) is 13.2 Å². The normalized spacial score (nSPS) is 18.4. The third kappa shape index (κ3) is 2.94. The van der Waals surface area contributed by atoms with Gasteiger partial charge in [-0.25, -0.2) is 0 Å². The molecule has 0 radical (unpaired) electrons. The summed E-state index contributed by atoms with van der Waals surface area (Å²) in [6, 6.07) is 3.25. The molecule has 0 aromatic heterocycles. The van der Waals surface area contributed by atoms with Gasteiger partial charge in [0.05, 0.1) is 22.7 Å². The zero-order valence-corrected chi connectivity index (χ0v) is 10.7. The molecule has 1 aliphatic heterocycles. The molecule has 0 fully saturated rings. The van der Waals surface area contributed by atoms with Crippen molar-refractivity contribution in [3.8, 4) is 5.75 Å². The minimum absolute atomic E-state index is 0.0841. The lowest BCUT2D eigenvalue weighted by molar-refractivity contribution is -0.384. The number of hydrogen-bond acceptors (Lipinski definition) is 4. The van der Waals surface area contributed by atoms with E-state index in [0.29, 0.717) is 6.42 Å². The lowest BCUT2D eigenvalue weighted by atomic mass is 10.1. The van der Waals surface area contributed by atoms with Crippen molar-refractivity contribution in [2.45, 2.75) is 25.6 Å². The summed E-state index contributed by atoms with van der Waals surface area (Å²) < 4.78 is 43.3. The van der Waals surface area contributed by atoms with Gasteiger partial charge in [-0.15, -0.1) is 0 Å². The van der Waals surface area contributed by atoms with E-state index >= 15 is 0 Å². The maximum Gasteiger partial charge on any atom is 0.405 e. The zero-order chi connectivity index (χ0) is 14.9. The molecule has 0 amide bonds. The minimum Gasteiger partial charge on any atom is -0.489 e. The number of benzene rings is 1. The van der Waals surface area contributed by atoms with E-state index in [1.165, 1.54) is 17.0 Å². The summed E-state index contributed by atoms with van der Waals surface area (Å²) in [7, 11) is 0. The number of hydrogen-bond donors (Lipinski definition) is 0. The van der Waals surface area contributed by atoms with Gasteiger partial charge < -0.3 is 9.64 Å². The number of nitro benzene ring substituents is 1. The van der Waals surface area contributed by atoms with Crippen molar-refractivity contribution in [3.63, 3.8) is 0 Å². The summed E-state index contributed by atoms with van der Waals surface area (Å²) in [5.74, 6) is 0.119. The molecule has 0 saturated heterocycles. The molecule has 0 aliphatic carbocycles. The standard InChI is InChI=1S/C12H13F3N2O3/c1-2-8-6-20-11-5-9(17(18)19)3-4-10(11)16(8)7-12(13,14)15/h3-5,8H,2,6-7H2,1H3. The SMILES string of the molecule is CCC1COc2cc([N+](=O)[O-])ccc2N1CC(F)(F)F. The number of nitro groups is 1. The maximum atomic E-state index is 12.7. The van der Waals surface area contributed by atoms with Gasteiger partial charge in [-0.1, -0.05) is 6.92 Å². The number of rotatable bonds is 3. The van der Waals surface area contributed by atoms with Crippen LogP contribution in [0.5, 0.6) is 5.75 Å². The molecule has 2 rings (SSSR count). The molecule has 1 aromatic rings. The van der Waals surface area contributed by atoms with Crippen LogP contribution in [0.2, 0.25) is 0 Å². The van der Waals surface area contributed by atoms with E-state index < -0.39 is 23.7 Å². The van der Waals surface area contributed by atoms with Crippen LogP contribution >= 0.6 is 0 Å². The number of ether oxygens (including phenoxy) is 1. The van der Waals surface area contributed by atoms with Gasteiger partial charge in [0.25, 0.3) is 5.69 Å². The highest BCUT2D eigenvalue weighted by Gasteiger charge is 2.37. The summed E-state index contributed by atoms with van der Waals surface area (Å²) in [5, 5.41) is 10.7. The summed E-state index contributed by atoms with van der Waals surface area (Å²) >= 11 is 0. The lowest BCUT2D eigenvalue weighted by Gasteiger charge is -2.38. The molecule has 0 bridgehead atoms. The fourth-order valence-corrected chi connectivity index (χ4v) is 2.19. The smallest absolute Gasteiger partial charge is 0.405 e. The topological polar surface area (TPSA) is 55.6 Å². The molecule has 5 nitrogen and oxygen atoms in total. The van der Waals surface area contributed by atoms with E-state index in [2.05, 4.69) is 0 Å². The van der Waals surface area contributed by atoms with E-state index in [-0.39, 0.29) is 23.7 Å². The number of non-ortho nitro benzene ring substituents is 1. The fourth-order valence-electron chi connectivity index (χ4n) is 2.19. The van der Waals surface area contributed by atoms with Crippen LogP contribution in [0.3, 0.4) is 0 Å². The van der Waals surface area contributed by atoms with Gasteiger partial charge in [-0.05, 0) is 12.5 Å². The van der Waals surface area contributed by atoms with Crippen LogP contribution in [-0.2, 0) is 0 Å². The predicted molar refractivity (Wildman–Crippen MR) is 66.1 cm³/mol. The van der Waals surface area contributed by atoms with Crippen molar-refractivity contribution in [2.75, 3.05) is 18.1 Å². The van der Waals surface area contributed by atoms with E-state index in [1.54, 1.807) is 6.92 Å². The Labute approximate surface area is 113 Å². The molecule has 1 atom stereocenters. The molecule has 1 aromatic carbocycles. The van der Waals surface area contributed by atoms with Crippen LogP contribution in [0.15, 0.2) is 18.2 Å². The van der Waals surface area contributed by atoms with E-state index in [1.807, 2.05) is 0 Å². The Kier molecular flexibility index (Phi) is 3.74. The third-order valence-electron chi connectivity index (χ3n) is 3.16. The first-order chi connectivity index (χ1) is 9.31. The molecule has 110 valence electrons. The monoisotopic (exact) mass is 290 g/mol. The van der Waals surface area contributed by atoms with Crippen LogP contribution in [0.1, 0.15) is 13.3 Å². The molecule has 20 heavy (non-hydrogen) atoms. The van der Waals surface area contributed by atoms with Crippen LogP contribution in [0, 0.1) is 10.1 Å². The predicted octanol–water partition coefficient (Wildman–Crippen LogP) is 3.13. The van der Waals surface area contributed by atoms with Crippen molar-refractivity contribution in [1.82, 2.24) is 0 Å². The van der Waals surface area contributed by atoms with Crippen molar-refractivity contribution < 1.29 is 22.8 Å². The van der Waals surface area contributed by atoms with Crippen molar-refractivity contribution in [1.29, 1.82) is 0 Å². The average molecular weight is 290 g/mol. The Hall–Kier alpha value is -1.99. The van der Waals surface area contributed by atoms with E-state index in [4.69, 9.17) is 4.74 Å². The quantitative estimate of drug-likeness (QED) is 0.634.